The number of nitrogens with zero attached hydrogens (tertiary/aromatic N) is 1. The van der Waals surface area contributed by atoms with Crippen LogP contribution in [0, 0.1) is 0 Å². The first-order valence-electron chi connectivity index (χ1n) is 5.29. The minimum absolute atomic E-state index is 0.00468. The van der Waals surface area contributed by atoms with Crippen molar-refractivity contribution in [3.8, 4) is 0 Å². The van der Waals surface area contributed by atoms with E-state index < -0.39 is 10.0 Å². The van der Waals surface area contributed by atoms with Crippen LogP contribution in [0.25, 0.3) is 0 Å². The van der Waals surface area contributed by atoms with Gasteiger partial charge in [0.2, 0.25) is 5.09 Å². The number of hydrogen-bond donors (Lipinski definition) is 0. The van der Waals surface area contributed by atoms with Gasteiger partial charge < -0.3 is 4.42 Å². The van der Waals surface area contributed by atoms with Gasteiger partial charge in [0.1, 0.15) is 5.76 Å². The largest absolute Gasteiger partial charge is 0.447 e. The summed E-state index contributed by atoms with van der Waals surface area (Å²) in [4.78, 5) is 0. The second-order valence-corrected chi connectivity index (χ2v) is 5.96. The standard InChI is InChI=1S/C10H14ClNO3S/c11-8-9-4-5-10(15-9)16(13,14)12-6-2-1-3-7-12/h4-5H,1-3,6-8H2. The summed E-state index contributed by atoms with van der Waals surface area (Å²) in [7, 11) is -3.44. The zero-order valence-electron chi connectivity index (χ0n) is 8.86. The van der Waals surface area contributed by atoms with E-state index >= 15 is 0 Å². The summed E-state index contributed by atoms with van der Waals surface area (Å²) in [5.74, 6) is 0.674. The lowest BCUT2D eigenvalue weighted by atomic mass is 10.2. The summed E-state index contributed by atoms with van der Waals surface area (Å²) in [5, 5.41) is 0.00468. The van der Waals surface area contributed by atoms with Gasteiger partial charge in [-0.25, -0.2) is 8.42 Å². The predicted molar refractivity (Wildman–Crippen MR) is 60.9 cm³/mol. The zero-order chi connectivity index (χ0) is 11.6. The van der Waals surface area contributed by atoms with Crippen LogP contribution in [0.5, 0.6) is 0 Å². The maximum absolute atomic E-state index is 12.1. The Bertz CT molecular complexity index is 448. The van der Waals surface area contributed by atoms with Crippen molar-refractivity contribution < 1.29 is 12.8 Å². The van der Waals surface area contributed by atoms with Gasteiger partial charge in [-0.3, -0.25) is 0 Å². The molecule has 4 nitrogen and oxygen atoms in total. The quantitative estimate of drug-likeness (QED) is 0.786. The van der Waals surface area contributed by atoms with E-state index in [0.717, 1.165) is 19.3 Å². The molecule has 0 saturated carbocycles. The van der Waals surface area contributed by atoms with Crippen molar-refractivity contribution in [1.29, 1.82) is 0 Å². The zero-order valence-corrected chi connectivity index (χ0v) is 10.4. The smallest absolute Gasteiger partial charge is 0.276 e. The molecule has 1 fully saturated rings. The number of hydrogen-bond acceptors (Lipinski definition) is 3. The van der Waals surface area contributed by atoms with E-state index in [-0.39, 0.29) is 11.0 Å². The fraction of sp³-hybridized carbons (Fsp3) is 0.600. The number of halogens is 1. The fourth-order valence-corrected chi connectivity index (χ4v) is 3.39. The van der Waals surface area contributed by atoms with Crippen LogP contribution in [0.2, 0.25) is 0 Å². The molecule has 1 aliphatic heterocycles. The van der Waals surface area contributed by atoms with Crippen LogP contribution in [-0.2, 0) is 15.9 Å². The molecule has 16 heavy (non-hydrogen) atoms. The molecule has 1 aromatic heterocycles. The van der Waals surface area contributed by atoms with Crippen molar-refractivity contribution in [2.45, 2.75) is 30.2 Å². The van der Waals surface area contributed by atoms with E-state index in [9.17, 15) is 8.42 Å². The highest BCUT2D eigenvalue weighted by Gasteiger charge is 2.28. The number of sulfonamides is 1. The van der Waals surface area contributed by atoms with E-state index in [1.807, 2.05) is 0 Å². The summed E-state index contributed by atoms with van der Waals surface area (Å²) in [6.07, 6.45) is 2.93. The lowest BCUT2D eigenvalue weighted by Crippen LogP contribution is -2.35. The summed E-state index contributed by atoms with van der Waals surface area (Å²) in [6.45, 7) is 1.17. The van der Waals surface area contributed by atoms with Crippen molar-refractivity contribution >= 4 is 21.6 Å². The maximum Gasteiger partial charge on any atom is 0.276 e. The van der Waals surface area contributed by atoms with Crippen LogP contribution in [0.4, 0.5) is 0 Å². The van der Waals surface area contributed by atoms with Crippen molar-refractivity contribution in [3.63, 3.8) is 0 Å². The molecule has 0 aromatic carbocycles. The maximum atomic E-state index is 12.1. The van der Waals surface area contributed by atoms with Gasteiger partial charge in [-0.2, -0.15) is 4.31 Å². The van der Waals surface area contributed by atoms with Crippen molar-refractivity contribution in [2.24, 2.45) is 0 Å². The first-order chi connectivity index (χ1) is 7.64. The number of rotatable bonds is 3. The Morgan fingerprint density at radius 3 is 2.50 bits per heavy atom. The lowest BCUT2D eigenvalue weighted by molar-refractivity contribution is 0.329. The van der Waals surface area contributed by atoms with E-state index in [1.54, 1.807) is 6.07 Å². The van der Waals surface area contributed by atoms with Crippen LogP contribution in [0.1, 0.15) is 25.0 Å². The predicted octanol–water partition coefficient (Wildman–Crippen LogP) is 2.19. The van der Waals surface area contributed by atoms with E-state index in [0.29, 0.717) is 18.8 Å². The van der Waals surface area contributed by atoms with Crippen LogP contribution in [0.3, 0.4) is 0 Å². The first kappa shape index (κ1) is 12.0. The lowest BCUT2D eigenvalue weighted by Gasteiger charge is -2.24. The molecule has 90 valence electrons. The summed E-state index contributed by atoms with van der Waals surface area (Å²) in [5.41, 5.74) is 0. The molecular weight excluding hydrogens is 250 g/mol. The third-order valence-corrected chi connectivity index (χ3v) is 4.71. The normalized spacial score (nSPS) is 18.8. The Morgan fingerprint density at radius 1 is 1.25 bits per heavy atom. The van der Waals surface area contributed by atoms with Gasteiger partial charge in [-0.1, -0.05) is 6.42 Å². The van der Waals surface area contributed by atoms with Crippen molar-refractivity contribution in [1.82, 2.24) is 4.31 Å². The van der Waals surface area contributed by atoms with E-state index in [1.165, 1.54) is 10.4 Å². The van der Waals surface area contributed by atoms with Gasteiger partial charge in [-0.05, 0) is 25.0 Å². The highest BCUT2D eigenvalue weighted by atomic mass is 35.5. The van der Waals surface area contributed by atoms with Crippen LogP contribution >= 0.6 is 11.6 Å². The molecule has 2 rings (SSSR count). The summed E-state index contributed by atoms with van der Waals surface area (Å²) < 4.78 is 30.9. The van der Waals surface area contributed by atoms with Gasteiger partial charge in [-0.15, -0.1) is 11.6 Å². The van der Waals surface area contributed by atoms with Gasteiger partial charge in [0.15, 0.2) is 0 Å². The molecular formula is C10H14ClNO3S. The minimum Gasteiger partial charge on any atom is -0.447 e. The second-order valence-electron chi connectivity index (χ2n) is 3.82. The third-order valence-electron chi connectivity index (χ3n) is 2.68. The summed E-state index contributed by atoms with van der Waals surface area (Å²) in [6, 6.07) is 3.07. The minimum atomic E-state index is -3.44. The van der Waals surface area contributed by atoms with Gasteiger partial charge in [0.05, 0.1) is 5.88 Å². The SMILES string of the molecule is O=S(=O)(c1ccc(CCl)o1)N1CCCCC1. The second kappa shape index (κ2) is 4.77. The van der Waals surface area contributed by atoms with E-state index in [2.05, 4.69) is 0 Å². The molecule has 0 amide bonds. The van der Waals surface area contributed by atoms with Gasteiger partial charge >= 0.3 is 0 Å². The Labute approximate surface area is 100 Å². The number of alkyl halides is 1. The Balaban J connectivity index is 2.23. The molecule has 6 heteroatoms. The third kappa shape index (κ3) is 2.26. The first-order valence-corrected chi connectivity index (χ1v) is 7.27. The Morgan fingerprint density at radius 2 is 1.94 bits per heavy atom. The molecule has 0 radical (unpaired) electrons. The average Bonchev–Trinajstić information content (AvgIpc) is 2.79. The van der Waals surface area contributed by atoms with Crippen LogP contribution in [0.15, 0.2) is 21.6 Å². The Hall–Kier alpha value is -0.520. The van der Waals surface area contributed by atoms with Crippen LogP contribution < -0.4 is 0 Å². The fourth-order valence-electron chi connectivity index (χ4n) is 1.80. The molecule has 0 N–H and O–H groups in total. The highest BCUT2D eigenvalue weighted by molar-refractivity contribution is 7.89. The average molecular weight is 264 g/mol. The molecule has 1 aliphatic rings. The molecule has 0 bridgehead atoms. The van der Waals surface area contributed by atoms with Gasteiger partial charge in [0.25, 0.3) is 10.0 Å². The van der Waals surface area contributed by atoms with Crippen LogP contribution in [-0.4, -0.2) is 25.8 Å². The van der Waals surface area contributed by atoms with Crippen molar-refractivity contribution in [2.75, 3.05) is 13.1 Å². The molecule has 0 atom stereocenters. The summed E-state index contributed by atoms with van der Waals surface area (Å²) >= 11 is 5.57. The number of furan rings is 1. The Kier molecular flexibility index (Phi) is 3.56. The molecule has 0 spiro atoms. The monoisotopic (exact) mass is 263 g/mol. The van der Waals surface area contributed by atoms with Crippen molar-refractivity contribution in [3.05, 3.63) is 17.9 Å². The molecule has 0 unspecified atom stereocenters. The molecule has 1 aromatic rings. The topological polar surface area (TPSA) is 50.5 Å². The molecule has 0 aliphatic carbocycles. The molecule has 1 saturated heterocycles. The highest BCUT2D eigenvalue weighted by Crippen LogP contribution is 2.22. The van der Waals surface area contributed by atoms with Gasteiger partial charge in [0, 0.05) is 13.1 Å². The number of piperidine rings is 1. The van der Waals surface area contributed by atoms with E-state index in [4.69, 9.17) is 16.0 Å². The molecule has 2 heterocycles.